The zero-order chi connectivity index (χ0) is 11.4. The number of pyridine rings is 1. The second-order valence-corrected chi connectivity index (χ2v) is 4.29. The van der Waals surface area contributed by atoms with Crippen molar-refractivity contribution in [3.8, 4) is 5.88 Å². The average Bonchev–Trinajstić information content (AvgIpc) is 2.28. The topological polar surface area (TPSA) is 22.1 Å². The molecule has 1 aliphatic rings. The zero-order valence-electron chi connectivity index (χ0n) is 9.40. The molecule has 2 unspecified atom stereocenters. The first-order chi connectivity index (χ1) is 7.75. The molecule has 1 aromatic rings. The van der Waals surface area contributed by atoms with E-state index in [0.717, 1.165) is 12.8 Å². The van der Waals surface area contributed by atoms with E-state index in [4.69, 9.17) is 4.74 Å². The summed E-state index contributed by atoms with van der Waals surface area (Å²) in [5, 5.41) is 0. The summed E-state index contributed by atoms with van der Waals surface area (Å²) in [4.78, 5) is 3.68. The van der Waals surface area contributed by atoms with Crippen molar-refractivity contribution in [2.75, 3.05) is 6.61 Å². The molecule has 0 saturated heterocycles. The van der Waals surface area contributed by atoms with Crippen LogP contribution in [0.1, 0.15) is 19.8 Å². The summed E-state index contributed by atoms with van der Waals surface area (Å²) < 4.78 is 18.3. The molecule has 0 amide bonds. The predicted octanol–water partition coefficient (Wildman–Crippen LogP) is 3.20. The van der Waals surface area contributed by atoms with Gasteiger partial charge >= 0.3 is 0 Å². The van der Waals surface area contributed by atoms with Crippen molar-refractivity contribution in [3.05, 3.63) is 36.3 Å². The van der Waals surface area contributed by atoms with Crippen molar-refractivity contribution < 1.29 is 9.13 Å². The van der Waals surface area contributed by atoms with Gasteiger partial charge in [-0.2, -0.15) is 9.37 Å². The third-order valence-corrected chi connectivity index (χ3v) is 3.05. The van der Waals surface area contributed by atoms with Crippen LogP contribution in [0.2, 0.25) is 0 Å². The highest BCUT2D eigenvalue weighted by atomic mass is 19.1. The molecule has 0 spiro atoms. The van der Waals surface area contributed by atoms with Gasteiger partial charge in [0, 0.05) is 6.07 Å². The quantitative estimate of drug-likeness (QED) is 0.577. The van der Waals surface area contributed by atoms with E-state index in [1.807, 2.05) is 0 Å². The van der Waals surface area contributed by atoms with Gasteiger partial charge in [-0.25, -0.2) is 0 Å². The van der Waals surface area contributed by atoms with Crippen LogP contribution in [0.25, 0.3) is 0 Å². The van der Waals surface area contributed by atoms with Gasteiger partial charge in [-0.3, -0.25) is 0 Å². The Morgan fingerprint density at radius 3 is 2.94 bits per heavy atom. The second-order valence-electron chi connectivity index (χ2n) is 4.29. The van der Waals surface area contributed by atoms with Gasteiger partial charge in [0.05, 0.1) is 6.61 Å². The highest BCUT2D eigenvalue weighted by molar-refractivity contribution is 5.10. The summed E-state index contributed by atoms with van der Waals surface area (Å²) >= 11 is 0. The maximum Gasteiger partial charge on any atom is 0.216 e. The van der Waals surface area contributed by atoms with Crippen LogP contribution in [0.3, 0.4) is 0 Å². The molecule has 3 heteroatoms. The fraction of sp³-hybridized carbons (Fsp3) is 0.462. The molecule has 0 saturated carbocycles. The van der Waals surface area contributed by atoms with Crippen molar-refractivity contribution >= 4 is 0 Å². The predicted molar refractivity (Wildman–Crippen MR) is 60.7 cm³/mol. The number of ether oxygens (including phenoxy) is 1. The Labute approximate surface area is 95.2 Å². The van der Waals surface area contributed by atoms with E-state index in [1.165, 1.54) is 6.07 Å². The van der Waals surface area contributed by atoms with Crippen LogP contribution < -0.4 is 4.74 Å². The van der Waals surface area contributed by atoms with Crippen LogP contribution in [0.15, 0.2) is 30.4 Å². The van der Waals surface area contributed by atoms with E-state index in [-0.39, 0.29) is 0 Å². The van der Waals surface area contributed by atoms with Crippen molar-refractivity contribution in [1.82, 2.24) is 4.98 Å². The zero-order valence-corrected chi connectivity index (χ0v) is 9.40. The monoisotopic (exact) mass is 221 g/mol. The second kappa shape index (κ2) is 5.10. The number of rotatable bonds is 3. The van der Waals surface area contributed by atoms with Crippen LogP contribution in [-0.4, -0.2) is 11.6 Å². The minimum Gasteiger partial charge on any atom is -0.477 e. The Morgan fingerprint density at radius 2 is 2.19 bits per heavy atom. The molecule has 1 heterocycles. The molecule has 2 nitrogen and oxygen atoms in total. The van der Waals surface area contributed by atoms with Gasteiger partial charge < -0.3 is 4.74 Å². The number of hydrogen-bond acceptors (Lipinski definition) is 2. The molecule has 86 valence electrons. The summed E-state index contributed by atoms with van der Waals surface area (Å²) in [7, 11) is 0. The molecule has 0 aliphatic heterocycles. The normalized spacial score (nSPS) is 24.4. The maximum absolute atomic E-state index is 12.8. The molecule has 0 bridgehead atoms. The first-order valence-electron chi connectivity index (χ1n) is 5.66. The Morgan fingerprint density at radius 1 is 1.38 bits per heavy atom. The minimum atomic E-state index is -0.492. The lowest BCUT2D eigenvalue weighted by Crippen LogP contribution is -2.21. The lowest BCUT2D eigenvalue weighted by Gasteiger charge is -2.24. The van der Waals surface area contributed by atoms with Gasteiger partial charge in [-0.15, -0.1) is 0 Å². The molecule has 0 aromatic carbocycles. The van der Waals surface area contributed by atoms with Gasteiger partial charge in [-0.1, -0.05) is 25.1 Å². The molecule has 16 heavy (non-hydrogen) atoms. The van der Waals surface area contributed by atoms with Crippen LogP contribution >= 0.6 is 0 Å². The third-order valence-electron chi connectivity index (χ3n) is 3.05. The van der Waals surface area contributed by atoms with E-state index in [2.05, 4.69) is 24.1 Å². The molecule has 0 radical (unpaired) electrons. The number of nitrogens with zero attached hydrogens (tertiary/aromatic N) is 1. The van der Waals surface area contributed by atoms with E-state index in [9.17, 15) is 4.39 Å². The number of allylic oxidation sites excluding steroid dienone is 2. The smallest absolute Gasteiger partial charge is 0.216 e. The Bertz CT molecular complexity index is 378. The summed E-state index contributed by atoms with van der Waals surface area (Å²) in [5.41, 5.74) is 0. The van der Waals surface area contributed by atoms with Crippen molar-refractivity contribution in [1.29, 1.82) is 0 Å². The average molecular weight is 221 g/mol. The first-order valence-corrected chi connectivity index (χ1v) is 5.66. The SMILES string of the molecule is CC1CC=CCC1COc1cccc(F)n1. The standard InChI is InChI=1S/C13H16FNO/c1-10-5-2-3-6-11(10)9-16-13-8-4-7-12(14)15-13/h2-4,7-8,10-11H,5-6,9H2,1H3. The largest absolute Gasteiger partial charge is 0.477 e. The van der Waals surface area contributed by atoms with Crippen molar-refractivity contribution in [2.24, 2.45) is 11.8 Å². The van der Waals surface area contributed by atoms with Crippen molar-refractivity contribution in [2.45, 2.75) is 19.8 Å². The van der Waals surface area contributed by atoms with Gasteiger partial charge in [0.2, 0.25) is 11.8 Å². The van der Waals surface area contributed by atoms with Crippen LogP contribution in [0.5, 0.6) is 5.88 Å². The molecule has 1 aliphatic carbocycles. The Hall–Kier alpha value is -1.38. The molecule has 0 N–H and O–H groups in total. The Balaban J connectivity index is 1.89. The molecular formula is C13H16FNO. The van der Waals surface area contributed by atoms with Gasteiger partial charge in [0.1, 0.15) is 0 Å². The minimum absolute atomic E-state index is 0.377. The molecule has 0 fully saturated rings. The van der Waals surface area contributed by atoms with Gasteiger partial charge in [0.15, 0.2) is 0 Å². The maximum atomic E-state index is 12.8. The van der Waals surface area contributed by atoms with E-state index in [0.29, 0.717) is 24.3 Å². The van der Waals surface area contributed by atoms with E-state index >= 15 is 0 Å². The number of aromatic nitrogens is 1. The Kier molecular flexibility index (Phi) is 3.54. The number of hydrogen-bond donors (Lipinski definition) is 0. The number of halogens is 1. The van der Waals surface area contributed by atoms with E-state index < -0.39 is 5.95 Å². The van der Waals surface area contributed by atoms with Crippen LogP contribution in [0, 0.1) is 17.8 Å². The van der Waals surface area contributed by atoms with Crippen LogP contribution in [-0.2, 0) is 0 Å². The summed E-state index contributed by atoms with van der Waals surface area (Å²) in [6.07, 6.45) is 6.54. The summed E-state index contributed by atoms with van der Waals surface area (Å²) in [6, 6.07) is 4.62. The lowest BCUT2D eigenvalue weighted by atomic mass is 9.85. The van der Waals surface area contributed by atoms with Gasteiger partial charge in [0.25, 0.3) is 0 Å². The van der Waals surface area contributed by atoms with Crippen molar-refractivity contribution in [3.63, 3.8) is 0 Å². The molecule has 2 rings (SSSR count). The third kappa shape index (κ3) is 2.81. The summed E-state index contributed by atoms with van der Waals surface area (Å²) in [6.45, 7) is 2.83. The highest BCUT2D eigenvalue weighted by Crippen LogP contribution is 2.25. The fourth-order valence-corrected chi connectivity index (χ4v) is 1.90. The molecule has 2 atom stereocenters. The molecule has 1 aromatic heterocycles. The van der Waals surface area contributed by atoms with E-state index in [1.54, 1.807) is 12.1 Å². The highest BCUT2D eigenvalue weighted by Gasteiger charge is 2.18. The van der Waals surface area contributed by atoms with Crippen LogP contribution in [0.4, 0.5) is 4.39 Å². The first kappa shape index (κ1) is 11.1. The lowest BCUT2D eigenvalue weighted by molar-refractivity contribution is 0.191. The fourth-order valence-electron chi connectivity index (χ4n) is 1.90. The molecular weight excluding hydrogens is 205 g/mol. The van der Waals surface area contributed by atoms with Gasteiger partial charge in [-0.05, 0) is 30.7 Å². The summed E-state index contributed by atoms with van der Waals surface area (Å²) in [5.74, 6) is 1.02.